The van der Waals surface area contributed by atoms with Crippen molar-refractivity contribution < 1.29 is 28.6 Å². The number of hydrogen-bond donors (Lipinski definition) is 1. The van der Waals surface area contributed by atoms with E-state index in [4.69, 9.17) is 14.2 Å². The SMILES string of the molecule is CCOC(=O)c1c(C)[nH]c(C(=O)COC(=O)[C@@H]2CCCO2)c1C. The number of nitrogens with one attached hydrogen (secondary N) is 1. The Kier molecular flexibility index (Phi) is 5.54. The van der Waals surface area contributed by atoms with Gasteiger partial charge in [-0.1, -0.05) is 0 Å². The third kappa shape index (κ3) is 3.79. The molecule has 1 N–H and O–H groups in total. The summed E-state index contributed by atoms with van der Waals surface area (Å²) < 4.78 is 15.2. The first kappa shape index (κ1) is 17.2. The fourth-order valence-corrected chi connectivity index (χ4v) is 2.60. The summed E-state index contributed by atoms with van der Waals surface area (Å²) in [4.78, 5) is 38.8. The molecule has 1 fully saturated rings. The van der Waals surface area contributed by atoms with Crippen LogP contribution in [-0.2, 0) is 19.0 Å². The number of rotatable bonds is 6. The molecule has 23 heavy (non-hydrogen) atoms. The standard InChI is InChI=1S/C16H21NO6/c1-4-21-16(20)13-9(2)14(17-10(13)3)11(18)8-23-15(19)12-6-5-7-22-12/h12,17H,4-8H2,1-3H3/t12-/m0/s1. The van der Waals surface area contributed by atoms with Crippen LogP contribution in [0.25, 0.3) is 0 Å². The van der Waals surface area contributed by atoms with Crippen molar-refractivity contribution >= 4 is 17.7 Å². The number of aromatic amines is 1. The zero-order chi connectivity index (χ0) is 17.0. The molecule has 0 unspecified atom stereocenters. The summed E-state index contributed by atoms with van der Waals surface area (Å²) in [5.74, 6) is -1.40. The van der Waals surface area contributed by atoms with E-state index in [0.29, 0.717) is 29.8 Å². The van der Waals surface area contributed by atoms with E-state index in [0.717, 1.165) is 6.42 Å². The largest absolute Gasteiger partial charge is 0.462 e. The molecule has 1 saturated heterocycles. The van der Waals surface area contributed by atoms with Crippen molar-refractivity contribution in [1.82, 2.24) is 4.98 Å². The Hall–Kier alpha value is -2.15. The van der Waals surface area contributed by atoms with Gasteiger partial charge in [-0.2, -0.15) is 0 Å². The van der Waals surface area contributed by atoms with E-state index in [1.807, 2.05) is 0 Å². The van der Waals surface area contributed by atoms with Crippen molar-refractivity contribution in [1.29, 1.82) is 0 Å². The molecular formula is C16H21NO6. The Bertz CT molecular complexity index is 612. The second-order valence-electron chi connectivity index (χ2n) is 5.38. The van der Waals surface area contributed by atoms with Crippen LogP contribution in [-0.4, -0.2) is 48.6 Å². The second-order valence-corrected chi connectivity index (χ2v) is 5.38. The van der Waals surface area contributed by atoms with Crippen LogP contribution in [0.2, 0.25) is 0 Å². The molecule has 1 aliphatic rings. The Balaban J connectivity index is 2.03. The fraction of sp³-hybridized carbons (Fsp3) is 0.562. The van der Waals surface area contributed by atoms with Gasteiger partial charge in [0.15, 0.2) is 12.7 Å². The van der Waals surface area contributed by atoms with Crippen molar-refractivity contribution in [2.45, 2.75) is 39.7 Å². The van der Waals surface area contributed by atoms with Crippen LogP contribution in [0.5, 0.6) is 0 Å². The minimum Gasteiger partial charge on any atom is -0.462 e. The van der Waals surface area contributed by atoms with Crippen LogP contribution in [0, 0.1) is 13.8 Å². The lowest BCUT2D eigenvalue weighted by molar-refractivity contribution is -0.153. The molecule has 0 aliphatic carbocycles. The molecule has 0 bridgehead atoms. The highest BCUT2D eigenvalue weighted by atomic mass is 16.6. The molecule has 0 aromatic carbocycles. The predicted molar refractivity (Wildman–Crippen MR) is 80.5 cm³/mol. The van der Waals surface area contributed by atoms with Gasteiger partial charge in [-0.25, -0.2) is 9.59 Å². The van der Waals surface area contributed by atoms with Crippen molar-refractivity contribution in [3.63, 3.8) is 0 Å². The van der Waals surface area contributed by atoms with Crippen LogP contribution >= 0.6 is 0 Å². The lowest BCUT2D eigenvalue weighted by Gasteiger charge is -2.09. The maximum Gasteiger partial charge on any atom is 0.340 e. The van der Waals surface area contributed by atoms with Gasteiger partial charge in [-0.05, 0) is 39.2 Å². The highest BCUT2D eigenvalue weighted by molar-refractivity contribution is 6.02. The fourth-order valence-electron chi connectivity index (χ4n) is 2.60. The maximum atomic E-state index is 12.2. The number of carbonyl (C=O) groups is 3. The Labute approximate surface area is 134 Å². The van der Waals surface area contributed by atoms with Crippen LogP contribution in [0.4, 0.5) is 0 Å². The second kappa shape index (κ2) is 7.41. The van der Waals surface area contributed by atoms with E-state index >= 15 is 0 Å². The number of hydrogen-bond acceptors (Lipinski definition) is 6. The number of H-pyrrole nitrogens is 1. The van der Waals surface area contributed by atoms with E-state index in [2.05, 4.69) is 4.98 Å². The Morgan fingerprint density at radius 3 is 2.61 bits per heavy atom. The number of Topliss-reactive ketones (excluding diaryl/α,β-unsaturated/α-hetero) is 1. The average molecular weight is 323 g/mol. The molecule has 1 atom stereocenters. The first-order valence-corrected chi connectivity index (χ1v) is 7.63. The number of carbonyl (C=O) groups excluding carboxylic acids is 3. The van der Waals surface area contributed by atoms with E-state index in [1.54, 1.807) is 20.8 Å². The lowest BCUT2D eigenvalue weighted by atomic mass is 10.1. The molecule has 7 heteroatoms. The lowest BCUT2D eigenvalue weighted by Crippen LogP contribution is -2.25. The summed E-state index contributed by atoms with van der Waals surface area (Å²) in [7, 11) is 0. The number of ether oxygens (including phenoxy) is 3. The van der Waals surface area contributed by atoms with E-state index in [-0.39, 0.29) is 18.9 Å². The molecule has 0 radical (unpaired) electrons. The van der Waals surface area contributed by atoms with Gasteiger partial charge < -0.3 is 19.2 Å². The molecule has 1 aliphatic heterocycles. The summed E-state index contributed by atoms with van der Waals surface area (Å²) in [6.45, 7) is 5.46. The topological polar surface area (TPSA) is 94.7 Å². The Morgan fingerprint density at radius 2 is 2.00 bits per heavy atom. The average Bonchev–Trinajstić information content (AvgIpc) is 3.13. The molecule has 0 saturated carbocycles. The van der Waals surface area contributed by atoms with Crippen LogP contribution < -0.4 is 0 Å². The first-order chi connectivity index (χ1) is 11.0. The predicted octanol–water partition coefficient (Wildman–Crippen LogP) is 1.71. The summed E-state index contributed by atoms with van der Waals surface area (Å²) in [6, 6.07) is 0. The number of aryl methyl sites for hydroxylation is 1. The molecule has 1 aromatic heterocycles. The summed E-state index contributed by atoms with van der Waals surface area (Å²) in [5, 5.41) is 0. The third-order valence-corrected chi connectivity index (χ3v) is 3.73. The van der Waals surface area contributed by atoms with E-state index < -0.39 is 23.8 Å². The number of ketones is 1. The minimum atomic E-state index is -0.579. The van der Waals surface area contributed by atoms with Crippen molar-refractivity contribution in [2.24, 2.45) is 0 Å². The molecular weight excluding hydrogens is 302 g/mol. The Morgan fingerprint density at radius 1 is 1.26 bits per heavy atom. The quantitative estimate of drug-likeness (QED) is 0.632. The summed E-state index contributed by atoms with van der Waals surface area (Å²) >= 11 is 0. The highest BCUT2D eigenvalue weighted by Gasteiger charge is 2.27. The maximum absolute atomic E-state index is 12.2. The van der Waals surface area contributed by atoms with Crippen LogP contribution in [0.1, 0.15) is 51.9 Å². The molecule has 7 nitrogen and oxygen atoms in total. The first-order valence-electron chi connectivity index (χ1n) is 7.63. The number of aromatic nitrogens is 1. The van der Waals surface area contributed by atoms with Gasteiger partial charge in [0.25, 0.3) is 0 Å². The van der Waals surface area contributed by atoms with Gasteiger partial charge in [-0.15, -0.1) is 0 Å². The third-order valence-electron chi connectivity index (χ3n) is 3.73. The van der Waals surface area contributed by atoms with E-state index in [9.17, 15) is 14.4 Å². The molecule has 126 valence electrons. The highest BCUT2D eigenvalue weighted by Crippen LogP contribution is 2.20. The van der Waals surface area contributed by atoms with Crippen LogP contribution in [0.15, 0.2) is 0 Å². The smallest absolute Gasteiger partial charge is 0.340 e. The van der Waals surface area contributed by atoms with Gasteiger partial charge in [0.1, 0.15) is 0 Å². The van der Waals surface area contributed by atoms with Crippen molar-refractivity contribution in [3.8, 4) is 0 Å². The zero-order valence-electron chi connectivity index (χ0n) is 13.6. The van der Waals surface area contributed by atoms with Gasteiger partial charge in [0.2, 0.25) is 5.78 Å². The van der Waals surface area contributed by atoms with Crippen molar-refractivity contribution in [2.75, 3.05) is 19.8 Å². The molecule has 2 heterocycles. The van der Waals surface area contributed by atoms with Gasteiger partial charge >= 0.3 is 11.9 Å². The van der Waals surface area contributed by atoms with Gasteiger partial charge in [0, 0.05) is 12.3 Å². The monoisotopic (exact) mass is 323 g/mol. The molecule has 2 rings (SSSR count). The molecule has 0 amide bonds. The normalized spacial score (nSPS) is 17.1. The van der Waals surface area contributed by atoms with E-state index in [1.165, 1.54) is 0 Å². The van der Waals surface area contributed by atoms with Crippen molar-refractivity contribution in [3.05, 3.63) is 22.5 Å². The van der Waals surface area contributed by atoms with Crippen LogP contribution in [0.3, 0.4) is 0 Å². The minimum absolute atomic E-state index is 0.255. The number of esters is 2. The van der Waals surface area contributed by atoms with Gasteiger partial charge in [-0.3, -0.25) is 4.79 Å². The summed E-state index contributed by atoms with van der Waals surface area (Å²) in [5.41, 5.74) is 1.65. The molecule has 0 spiro atoms. The zero-order valence-corrected chi connectivity index (χ0v) is 13.6. The summed E-state index contributed by atoms with van der Waals surface area (Å²) in [6.07, 6.45) is 0.844. The molecule has 1 aromatic rings. The van der Waals surface area contributed by atoms with Gasteiger partial charge in [0.05, 0.1) is 17.9 Å².